The van der Waals surface area contributed by atoms with E-state index in [1.165, 1.54) is 0 Å². The molecule has 3 aromatic rings. The van der Waals surface area contributed by atoms with Gasteiger partial charge in [-0.15, -0.1) is 0 Å². The molecule has 0 aliphatic heterocycles. The fourth-order valence-corrected chi connectivity index (χ4v) is 2.68. The quantitative estimate of drug-likeness (QED) is 0.670. The van der Waals surface area contributed by atoms with Gasteiger partial charge in [0.05, 0.1) is 7.11 Å². The summed E-state index contributed by atoms with van der Waals surface area (Å²) < 4.78 is 5.12. The number of amides is 1. The van der Waals surface area contributed by atoms with Gasteiger partial charge in [0.25, 0.3) is 5.91 Å². The summed E-state index contributed by atoms with van der Waals surface area (Å²) in [4.78, 5) is 20.8. The van der Waals surface area contributed by atoms with Crippen LogP contribution in [0.3, 0.4) is 0 Å². The number of benzene rings is 2. The molecule has 0 aliphatic carbocycles. The molecule has 2 aromatic carbocycles. The Kier molecular flexibility index (Phi) is 5.88. The molecule has 1 amide bonds. The summed E-state index contributed by atoms with van der Waals surface area (Å²) in [6.45, 7) is 2.32. The Morgan fingerprint density at radius 1 is 1.15 bits per heavy atom. The first-order valence-corrected chi connectivity index (χ1v) is 8.70. The molecule has 0 spiro atoms. The Balaban J connectivity index is 1.65. The van der Waals surface area contributed by atoms with Crippen LogP contribution >= 0.6 is 11.6 Å². The lowest BCUT2D eigenvalue weighted by molar-refractivity contribution is 0.0946. The molecular weight excluding hydrogens is 364 g/mol. The fourth-order valence-electron chi connectivity index (χ4n) is 2.45. The number of hydrogen-bond acceptors (Lipinski definition) is 5. The molecule has 0 saturated heterocycles. The number of carbonyl (C=O) groups is 1. The highest BCUT2D eigenvalue weighted by Gasteiger charge is 2.10. The van der Waals surface area contributed by atoms with Crippen LogP contribution in [0.5, 0.6) is 5.75 Å². The van der Waals surface area contributed by atoms with Crippen LogP contribution in [0.4, 0.5) is 11.6 Å². The molecule has 138 valence electrons. The second-order valence-electron chi connectivity index (χ2n) is 5.88. The Morgan fingerprint density at radius 2 is 1.93 bits per heavy atom. The van der Waals surface area contributed by atoms with E-state index in [9.17, 15) is 4.79 Å². The Labute approximate surface area is 162 Å². The summed E-state index contributed by atoms with van der Waals surface area (Å²) in [5, 5.41) is 6.61. The number of methoxy groups -OCH3 is 1. The summed E-state index contributed by atoms with van der Waals surface area (Å²) in [7, 11) is 1.61. The molecule has 6 nitrogen and oxygen atoms in total. The number of anilines is 2. The Morgan fingerprint density at radius 3 is 2.63 bits per heavy atom. The summed E-state index contributed by atoms with van der Waals surface area (Å²) in [5.41, 5.74) is 3.04. The van der Waals surface area contributed by atoms with E-state index in [-0.39, 0.29) is 11.6 Å². The predicted molar refractivity (Wildman–Crippen MR) is 106 cm³/mol. The number of hydrogen-bond donors (Lipinski definition) is 2. The van der Waals surface area contributed by atoms with Crippen LogP contribution < -0.4 is 15.4 Å². The molecule has 3 rings (SSSR count). The van der Waals surface area contributed by atoms with Gasteiger partial charge < -0.3 is 15.4 Å². The topological polar surface area (TPSA) is 76.1 Å². The van der Waals surface area contributed by atoms with Gasteiger partial charge in [0, 0.05) is 23.5 Å². The number of nitrogens with zero attached hydrogens (tertiary/aromatic N) is 2. The number of aryl methyl sites for hydroxylation is 1. The molecule has 27 heavy (non-hydrogen) atoms. The zero-order chi connectivity index (χ0) is 19.2. The van der Waals surface area contributed by atoms with Gasteiger partial charge >= 0.3 is 0 Å². The van der Waals surface area contributed by atoms with E-state index in [2.05, 4.69) is 20.6 Å². The number of rotatable bonds is 6. The zero-order valence-electron chi connectivity index (χ0n) is 15.0. The second-order valence-corrected chi connectivity index (χ2v) is 6.32. The SMILES string of the molecule is COc1ccc(CNC(=O)c2ccnc(Nc3ccc(Cl)cc3C)n2)cc1. The van der Waals surface area contributed by atoms with Gasteiger partial charge in [0.15, 0.2) is 0 Å². The largest absolute Gasteiger partial charge is 0.497 e. The van der Waals surface area contributed by atoms with Crippen molar-refractivity contribution in [2.45, 2.75) is 13.5 Å². The summed E-state index contributed by atoms with van der Waals surface area (Å²) in [5.74, 6) is 0.843. The smallest absolute Gasteiger partial charge is 0.270 e. The third-order valence-corrected chi connectivity index (χ3v) is 4.17. The van der Waals surface area contributed by atoms with Crippen molar-refractivity contribution in [2.75, 3.05) is 12.4 Å². The second kappa shape index (κ2) is 8.51. The minimum atomic E-state index is -0.274. The van der Waals surface area contributed by atoms with Crippen molar-refractivity contribution in [3.8, 4) is 5.75 Å². The Hall–Kier alpha value is -3.12. The average molecular weight is 383 g/mol. The molecule has 0 radical (unpaired) electrons. The van der Waals surface area contributed by atoms with Gasteiger partial charge in [-0.25, -0.2) is 9.97 Å². The average Bonchev–Trinajstić information content (AvgIpc) is 2.69. The van der Waals surface area contributed by atoms with E-state index in [4.69, 9.17) is 16.3 Å². The van der Waals surface area contributed by atoms with Crippen LogP contribution in [-0.2, 0) is 6.54 Å². The van der Waals surface area contributed by atoms with Crippen molar-refractivity contribution < 1.29 is 9.53 Å². The van der Waals surface area contributed by atoms with Gasteiger partial charge in [0.2, 0.25) is 5.95 Å². The van der Waals surface area contributed by atoms with Crippen molar-refractivity contribution in [2.24, 2.45) is 0 Å². The number of nitrogens with one attached hydrogen (secondary N) is 2. The van der Waals surface area contributed by atoms with Gasteiger partial charge in [-0.1, -0.05) is 23.7 Å². The normalized spacial score (nSPS) is 10.3. The van der Waals surface area contributed by atoms with Crippen LogP contribution in [0.1, 0.15) is 21.6 Å². The third-order valence-electron chi connectivity index (χ3n) is 3.94. The van der Waals surface area contributed by atoms with Crippen molar-refractivity contribution >= 4 is 29.1 Å². The van der Waals surface area contributed by atoms with Crippen LogP contribution in [0, 0.1) is 6.92 Å². The number of carbonyl (C=O) groups excluding carboxylic acids is 1. The van der Waals surface area contributed by atoms with Crippen LogP contribution in [0.2, 0.25) is 5.02 Å². The third kappa shape index (κ3) is 4.95. The minimum absolute atomic E-state index is 0.274. The van der Waals surface area contributed by atoms with E-state index < -0.39 is 0 Å². The summed E-state index contributed by atoms with van der Waals surface area (Å²) in [6, 6.07) is 14.5. The maximum atomic E-state index is 12.4. The van der Waals surface area contributed by atoms with Crippen molar-refractivity contribution in [1.29, 1.82) is 0 Å². The van der Waals surface area contributed by atoms with Gasteiger partial charge in [0.1, 0.15) is 11.4 Å². The van der Waals surface area contributed by atoms with E-state index in [0.29, 0.717) is 17.5 Å². The Bertz CT molecular complexity index is 945. The lowest BCUT2D eigenvalue weighted by atomic mass is 10.2. The van der Waals surface area contributed by atoms with E-state index in [0.717, 1.165) is 22.6 Å². The van der Waals surface area contributed by atoms with Gasteiger partial charge in [-0.3, -0.25) is 4.79 Å². The molecule has 0 bridgehead atoms. The van der Waals surface area contributed by atoms with E-state index >= 15 is 0 Å². The van der Waals surface area contributed by atoms with Crippen LogP contribution in [0.25, 0.3) is 0 Å². The van der Waals surface area contributed by atoms with Crippen LogP contribution in [0.15, 0.2) is 54.7 Å². The fraction of sp³-hybridized carbons (Fsp3) is 0.150. The molecule has 0 saturated carbocycles. The molecule has 0 fully saturated rings. The maximum Gasteiger partial charge on any atom is 0.270 e. The standard InChI is InChI=1S/C20H19ClN4O2/c1-13-11-15(21)5-8-17(13)24-20-22-10-9-18(25-20)19(26)23-12-14-3-6-16(27-2)7-4-14/h3-11H,12H2,1-2H3,(H,23,26)(H,22,24,25). The molecule has 0 unspecified atom stereocenters. The van der Waals surface area contributed by atoms with E-state index in [1.807, 2.05) is 43.3 Å². The highest BCUT2D eigenvalue weighted by atomic mass is 35.5. The first-order chi connectivity index (χ1) is 13.0. The molecule has 1 heterocycles. The first-order valence-electron chi connectivity index (χ1n) is 8.32. The van der Waals surface area contributed by atoms with E-state index in [1.54, 1.807) is 25.4 Å². The zero-order valence-corrected chi connectivity index (χ0v) is 15.7. The minimum Gasteiger partial charge on any atom is -0.497 e. The lowest BCUT2D eigenvalue weighted by Gasteiger charge is -2.10. The molecule has 0 atom stereocenters. The lowest BCUT2D eigenvalue weighted by Crippen LogP contribution is -2.24. The first kappa shape index (κ1) is 18.7. The molecular formula is C20H19ClN4O2. The number of ether oxygens (including phenoxy) is 1. The summed E-state index contributed by atoms with van der Waals surface area (Å²) in [6.07, 6.45) is 1.54. The van der Waals surface area contributed by atoms with Crippen LogP contribution in [-0.4, -0.2) is 23.0 Å². The molecule has 1 aromatic heterocycles. The van der Waals surface area contributed by atoms with Gasteiger partial charge in [-0.2, -0.15) is 0 Å². The maximum absolute atomic E-state index is 12.4. The highest BCUT2D eigenvalue weighted by Crippen LogP contribution is 2.22. The van der Waals surface area contributed by atoms with Crippen molar-refractivity contribution in [3.05, 3.63) is 76.6 Å². The number of halogens is 1. The summed E-state index contributed by atoms with van der Waals surface area (Å²) >= 11 is 5.97. The molecule has 2 N–H and O–H groups in total. The van der Waals surface area contributed by atoms with Crippen molar-refractivity contribution in [3.63, 3.8) is 0 Å². The molecule has 0 aliphatic rings. The number of aromatic nitrogens is 2. The predicted octanol–water partition coefficient (Wildman–Crippen LogP) is 4.12. The monoisotopic (exact) mass is 382 g/mol. The molecule has 7 heteroatoms. The highest BCUT2D eigenvalue weighted by molar-refractivity contribution is 6.30. The van der Waals surface area contributed by atoms with Gasteiger partial charge in [-0.05, 0) is 54.4 Å². The van der Waals surface area contributed by atoms with Crippen molar-refractivity contribution in [1.82, 2.24) is 15.3 Å².